The summed E-state index contributed by atoms with van der Waals surface area (Å²) in [5.74, 6) is 0.569. The molecule has 9 heteroatoms. The van der Waals surface area contributed by atoms with Crippen molar-refractivity contribution >= 4 is 20.0 Å². The summed E-state index contributed by atoms with van der Waals surface area (Å²) >= 11 is 0. The molecule has 1 aliphatic rings. The quantitative estimate of drug-likeness (QED) is 0.727. The minimum Gasteiger partial charge on any atom is -0.497 e. The molecule has 0 bridgehead atoms. The number of nitrogens with zero attached hydrogens (tertiary/aromatic N) is 1. The summed E-state index contributed by atoms with van der Waals surface area (Å²) in [6, 6.07) is 6.01. The van der Waals surface area contributed by atoms with Crippen molar-refractivity contribution < 1.29 is 21.6 Å². The van der Waals surface area contributed by atoms with E-state index >= 15 is 0 Å². The molecule has 1 fully saturated rings. The Bertz CT molecular complexity index is 754. The normalized spacial score (nSPS) is 16.9. The van der Waals surface area contributed by atoms with Crippen LogP contribution in [0.2, 0.25) is 0 Å². The number of methoxy groups -OCH3 is 1. The van der Waals surface area contributed by atoms with Gasteiger partial charge in [0.1, 0.15) is 5.75 Å². The monoisotopic (exact) mass is 390 g/mol. The Balaban J connectivity index is 2.00. The van der Waals surface area contributed by atoms with Crippen LogP contribution in [0.4, 0.5) is 0 Å². The molecule has 0 radical (unpaired) electrons. The minimum absolute atomic E-state index is 0.0331. The molecule has 0 atom stereocenters. The van der Waals surface area contributed by atoms with Crippen molar-refractivity contribution in [2.45, 2.75) is 43.0 Å². The molecule has 0 spiro atoms. The molecule has 25 heavy (non-hydrogen) atoms. The summed E-state index contributed by atoms with van der Waals surface area (Å²) in [4.78, 5) is 0.122. The molecule has 142 valence electrons. The van der Waals surface area contributed by atoms with Gasteiger partial charge in [0.15, 0.2) is 0 Å². The van der Waals surface area contributed by atoms with Gasteiger partial charge in [-0.25, -0.2) is 21.6 Å². The average Bonchev–Trinajstić information content (AvgIpc) is 2.58. The number of sulfonamides is 2. The molecule has 1 aliphatic carbocycles. The molecule has 0 saturated heterocycles. The molecule has 0 unspecified atom stereocenters. The second-order valence-electron chi connectivity index (χ2n) is 6.24. The van der Waals surface area contributed by atoms with Crippen LogP contribution in [0.3, 0.4) is 0 Å². The third-order valence-electron chi connectivity index (χ3n) is 4.40. The summed E-state index contributed by atoms with van der Waals surface area (Å²) in [5, 5.41) is 0. The number of hydrogen-bond donors (Lipinski definition) is 1. The fourth-order valence-electron chi connectivity index (χ4n) is 3.12. The molecule has 1 saturated carbocycles. The smallest absolute Gasteiger partial charge is 0.240 e. The number of rotatable bonds is 8. The SMILES string of the molecule is COc1ccc(S(=O)(=O)NCCN(C2CCCCC2)S(C)(=O)=O)cc1. The number of benzene rings is 1. The van der Waals surface area contributed by atoms with Gasteiger partial charge < -0.3 is 4.74 Å². The van der Waals surface area contributed by atoms with Crippen LogP contribution in [0.25, 0.3) is 0 Å². The van der Waals surface area contributed by atoms with Gasteiger partial charge in [-0.3, -0.25) is 0 Å². The maximum atomic E-state index is 12.3. The lowest BCUT2D eigenvalue weighted by Gasteiger charge is -2.32. The van der Waals surface area contributed by atoms with Crippen LogP contribution >= 0.6 is 0 Å². The number of ether oxygens (including phenoxy) is 1. The number of hydrogen-bond acceptors (Lipinski definition) is 5. The maximum Gasteiger partial charge on any atom is 0.240 e. The van der Waals surface area contributed by atoms with E-state index in [9.17, 15) is 16.8 Å². The van der Waals surface area contributed by atoms with E-state index in [1.54, 1.807) is 12.1 Å². The van der Waals surface area contributed by atoms with Gasteiger partial charge in [0.25, 0.3) is 0 Å². The molecule has 2 rings (SSSR count). The predicted octanol–water partition coefficient (Wildman–Crippen LogP) is 1.57. The molecule has 0 aromatic heterocycles. The summed E-state index contributed by atoms with van der Waals surface area (Å²) in [7, 11) is -5.55. The summed E-state index contributed by atoms with van der Waals surface area (Å²) in [6.45, 7) is 0.177. The van der Waals surface area contributed by atoms with E-state index < -0.39 is 20.0 Å². The first-order chi connectivity index (χ1) is 11.7. The highest BCUT2D eigenvalue weighted by Crippen LogP contribution is 2.24. The Morgan fingerprint density at radius 2 is 1.68 bits per heavy atom. The van der Waals surface area contributed by atoms with E-state index in [2.05, 4.69) is 4.72 Å². The molecule has 1 aromatic carbocycles. The Morgan fingerprint density at radius 1 is 1.08 bits per heavy atom. The van der Waals surface area contributed by atoms with E-state index in [4.69, 9.17) is 4.74 Å². The first-order valence-electron chi connectivity index (χ1n) is 8.34. The second-order valence-corrected chi connectivity index (χ2v) is 9.94. The van der Waals surface area contributed by atoms with Crippen LogP contribution in [-0.2, 0) is 20.0 Å². The molecule has 0 aliphatic heterocycles. The van der Waals surface area contributed by atoms with Crippen molar-refractivity contribution in [3.63, 3.8) is 0 Å². The highest BCUT2D eigenvalue weighted by Gasteiger charge is 2.28. The van der Waals surface area contributed by atoms with Gasteiger partial charge in [-0.2, -0.15) is 4.31 Å². The first-order valence-corrected chi connectivity index (χ1v) is 11.7. The van der Waals surface area contributed by atoms with Gasteiger partial charge in [-0.15, -0.1) is 0 Å². The Kier molecular flexibility index (Phi) is 6.84. The summed E-state index contributed by atoms with van der Waals surface area (Å²) < 4.78 is 57.7. The van der Waals surface area contributed by atoms with E-state index in [-0.39, 0.29) is 24.0 Å². The van der Waals surface area contributed by atoms with E-state index in [0.29, 0.717) is 5.75 Å². The Labute approximate surface area is 150 Å². The third-order valence-corrected chi connectivity index (χ3v) is 7.21. The summed E-state index contributed by atoms with van der Waals surface area (Å²) in [6.07, 6.45) is 5.98. The largest absolute Gasteiger partial charge is 0.497 e. The molecular formula is C16H26N2O5S2. The highest BCUT2D eigenvalue weighted by molar-refractivity contribution is 7.89. The summed E-state index contributed by atoms with van der Waals surface area (Å²) in [5.41, 5.74) is 0. The van der Waals surface area contributed by atoms with Gasteiger partial charge >= 0.3 is 0 Å². The van der Waals surface area contributed by atoms with Gasteiger partial charge in [0.05, 0.1) is 18.3 Å². The van der Waals surface area contributed by atoms with Crippen LogP contribution < -0.4 is 9.46 Å². The van der Waals surface area contributed by atoms with Crippen LogP contribution in [0.1, 0.15) is 32.1 Å². The van der Waals surface area contributed by atoms with Crippen LogP contribution in [0, 0.1) is 0 Å². The van der Waals surface area contributed by atoms with Crippen molar-refractivity contribution in [1.29, 1.82) is 0 Å². The fraction of sp³-hybridized carbons (Fsp3) is 0.625. The number of nitrogens with one attached hydrogen (secondary N) is 1. The van der Waals surface area contributed by atoms with Crippen LogP contribution in [0.5, 0.6) is 5.75 Å². The zero-order valence-corrected chi connectivity index (χ0v) is 16.3. The lowest BCUT2D eigenvalue weighted by molar-refractivity contribution is 0.257. The van der Waals surface area contributed by atoms with Gasteiger partial charge in [0, 0.05) is 19.1 Å². The average molecular weight is 391 g/mol. The molecule has 0 amide bonds. The van der Waals surface area contributed by atoms with Gasteiger partial charge in [-0.1, -0.05) is 19.3 Å². The van der Waals surface area contributed by atoms with Gasteiger partial charge in [0.2, 0.25) is 20.0 Å². The van der Waals surface area contributed by atoms with Gasteiger partial charge in [-0.05, 0) is 37.1 Å². The van der Waals surface area contributed by atoms with Crippen molar-refractivity contribution in [2.75, 3.05) is 26.5 Å². The fourth-order valence-corrected chi connectivity index (χ4v) is 5.31. The van der Waals surface area contributed by atoms with Crippen LogP contribution in [0.15, 0.2) is 29.2 Å². The molecule has 1 aromatic rings. The van der Waals surface area contributed by atoms with E-state index in [1.165, 1.54) is 29.8 Å². The van der Waals surface area contributed by atoms with Crippen LogP contribution in [-0.4, -0.2) is 53.6 Å². The Hall–Kier alpha value is -1.16. The standard InChI is InChI=1S/C16H26N2O5S2/c1-23-15-8-10-16(11-9-15)25(21,22)17-12-13-18(24(2,19)20)14-6-4-3-5-7-14/h8-11,14,17H,3-7,12-13H2,1-2H3. The van der Waals surface area contributed by atoms with E-state index in [1.807, 2.05) is 0 Å². The van der Waals surface area contributed by atoms with Crippen molar-refractivity contribution in [3.05, 3.63) is 24.3 Å². The third kappa shape index (κ3) is 5.67. The minimum atomic E-state index is -3.68. The molecule has 7 nitrogen and oxygen atoms in total. The second kappa shape index (κ2) is 8.48. The van der Waals surface area contributed by atoms with Crippen molar-refractivity contribution in [2.24, 2.45) is 0 Å². The lowest BCUT2D eigenvalue weighted by atomic mass is 9.95. The zero-order valence-electron chi connectivity index (χ0n) is 14.6. The van der Waals surface area contributed by atoms with Crippen molar-refractivity contribution in [1.82, 2.24) is 9.03 Å². The highest BCUT2D eigenvalue weighted by atomic mass is 32.2. The Morgan fingerprint density at radius 3 is 2.20 bits per heavy atom. The zero-order chi connectivity index (χ0) is 18.5. The molecule has 1 N–H and O–H groups in total. The lowest BCUT2D eigenvalue weighted by Crippen LogP contribution is -2.44. The molecule has 0 heterocycles. The predicted molar refractivity (Wildman–Crippen MR) is 96.6 cm³/mol. The van der Waals surface area contributed by atoms with E-state index in [0.717, 1.165) is 32.1 Å². The van der Waals surface area contributed by atoms with Crippen molar-refractivity contribution in [3.8, 4) is 5.75 Å². The first kappa shape index (κ1) is 20.2. The maximum absolute atomic E-state index is 12.3. The topological polar surface area (TPSA) is 92.8 Å². The molecular weight excluding hydrogens is 364 g/mol.